The number of carbonyl (C=O) groups excluding carboxylic acids is 1. The summed E-state index contributed by atoms with van der Waals surface area (Å²) in [6.07, 6.45) is 3.22. The minimum absolute atomic E-state index is 0.146. The minimum atomic E-state index is -0.386. The van der Waals surface area contributed by atoms with Crippen molar-refractivity contribution in [2.45, 2.75) is 57.3 Å². The average molecular weight is 570 g/mol. The number of carbonyl (C=O) groups is 1. The molecule has 1 N–H and O–H groups in total. The van der Waals surface area contributed by atoms with Crippen molar-refractivity contribution >= 4 is 39.4 Å². The lowest BCUT2D eigenvalue weighted by atomic mass is 9.85. The van der Waals surface area contributed by atoms with Crippen LogP contribution in [0.1, 0.15) is 55.3 Å². The molecule has 0 radical (unpaired) electrons. The lowest BCUT2D eigenvalue weighted by molar-refractivity contribution is -0.116. The zero-order chi connectivity index (χ0) is 25.2. The molecule has 0 saturated carbocycles. The van der Waals surface area contributed by atoms with Crippen LogP contribution in [-0.2, 0) is 11.4 Å². The zero-order valence-electron chi connectivity index (χ0n) is 20.6. The van der Waals surface area contributed by atoms with E-state index in [2.05, 4.69) is 47.2 Å². The topological polar surface area (TPSA) is 78.3 Å². The number of rotatable bonds is 8. The molecular weight excluding hydrogens is 540 g/mol. The summed E-state index contributed by atoms with van der Waals surface area (Å²) in [7, 11) is 1.63. The second kappa shape index (κ2) is 10.7. The molecule has 188 valence electrons. The van der Waals surface area contributed by atoms with Gasteiger partial charge in [0.15, 0.2) is 17.3 Å². The van der Waals surface area contributed by atoms with Crippen LogP contribution in [0.4, 0.5) is 5.95 Å². The molecule has 0 fully saturated rings. The van der Waals surface area contributed by atoms with Gasteiger partial charge in [-0.3, -0.25) is 4.79 Å². The lowest BCUT2D eigenvalue weighted by Gasteiger charge is -2.32. The summed E-state index contributed by atoms with van der Waals surface area (Å²) in [5.41, 5.74) is 4.88. The molecule has 2 heterocycles. The van der Waals surface area contributed by atoms with Crippen LogP contribution in [0.2, 0.25) is 0 Å². The van der Waals surface area contributed by atoms with Crippen molar-refractivity contribution in [2.24, 2.45) is 0 Å². The van der Waals surface area contributed by atoms with E-state index in [1.807, 2.05) is 28.9 Å². The largest absolute Gasteiger partial charge is 0.493 e. The van der Waals surface area contributed by atoms with Crippen LogP contribution in [0.5, 0.6) is 11.5 Å². The van der Waals surface area contributed by atoms with Crippen LogP contribution in [0.15, 0.2) is 57.3 Å². The van der Waals surface area contributed by atoms with Crippen LogP contribution in [-0.4, -0.2) is 33.4 Å². The number of hydrogen-bond acceptors (Lipinski definition) is 7. The summed E-state index contributed by atoms with van der Waals surface area (Å²) >= 11 is 5.33. The first-order valence-corrected chi connectivity index (χ1v) is 13.9. The number of nitrogens with zero attached hydrogens (tertiary/aromatic N) is 3. The predicted molar refractivity (Wildman–Crippen MR) is 145 cm³/mol. The number of aryl methyl sites for hydroxylation is 1. The van der Waals surface area contributed by atoms with Gasteiger partial charge in [-0.15, -0.1) is 5.10 Å². The van der Waals surface area contributed by atoms with Gasteiger partial charge in [0.25, 0.3) is 0 Å². The molecule has 1 unspecified atom stereocenters. The van der Waals surface area contributed by atoms with Gasteiger partial charge in [0.2, 0.25) is 11.1 Å². The van der Waals surface area contributed by atoms with E-state index >= 15 is 0 Å². The monoisotopic (exact) mass is 568 g/mol. The highest BCUT2D eigenvalue weighted by molar-refractivity contribution is 9.10. The maximum Gasteiger partial charge on any atom is 0.227 e. The number of ether oxygens (including phenoxy) is 2. The van der Waals surface area contributed by atoms with Crippen LogP contribution in [0.25, 0.3) is 0 Å². The number of nitrogens with one attached hydrogen (secondary N) is 1. The number of aromatic nitrogens is 3. The van der Waals surface area contributed by atoms with Crippen molar-refractivity contribution in [3.8, 4) is 11.5 Å². The van der Waals surface area contributed by atoms with E-state index in [-0.39, 0.29) is 11.8 Å². The lowest BCUT2D eigenvalue weighted by Crippen LogP contribution is -2.31. The molecular formula is C27H29BrN4O3S. The second-order valence-corrected chi connectivity index (χ2v) is 10.9. The smallest absolute Gasteiger partial charge is 0.227 e. The SMILES string of the molecule is CCCSc1nc2n(n1)C(c1cc(Br)c(OCc3ccccc3C)c(OC)c1)C1=C(CCCC1=O)N2. The van der Waals surface area contributed by atoms with E-state index < -0.39 is 0 Å². The van der Waals surface area contributed by atoms with E-state index in [4.69, 9.17) is 19.6 Å². The first-order chi connectivity index (χ1) is 17.5. The summed E-state index contributed by atoms with van der Waals surface area (Å²) < 4.78 is 14.6. The van der Waals surface area contributed by atoms with E-state index in [9.17, 15) is 4.79 Å². The van der Waals surface area contributed by atoms with Gasteiger partial charge in [0.1, 0.15) is 12.6 Å². The molecule has 7 nitrogen and oxygen atoms in total. The van der Waals surface area contributed by atoms with E-state index in [1.165, 1.54) is 5.56 Å². The Bertz CT molecular complexity index is 1340. The molecule has 0 bridgehead atoms. The Kier molecular flexibility index (Phi) is 7.39. The number of allylic oxidation sites excluding steroid dienone is 2. The normalized spacial score (nSPS) is 16.9. The molecule has 1 aliphatic heterocycles. The third-order valence-corrected chi connectivity index (χ3v) is 8.12. The van der Waals surface area contributed by atoms with E-state index in [1.54, 1.807) is 18.9 Å². The number of methoxy groups -OCH3 is 1. The number of fused-ring (bicyclic) bond motifs is 1. The second-order valence-electron chi connectivity index (χ2n) is 8.96. The molecule has 0 amide bonds. The number of thioether (sulfide) groups is 1. The average Bonchev–Trinajstić information content (AvgIpc) is 3.28. The Morgan fingerprint density at radius 2 is 2.08 bits per heavy atom. The quantitative estimate of drug-likeness (QED) is 0.312. The third kappa shape index (κ3) is 4.78. The van der Waals surface area contributed by atoms with Crippen molar-refractivity contribution in [3.63, 3.8) is 0 Å². The van der Waals surface area contributed by atoms with Crippen LogP contribution < -0.4 is 14.8 Å². The fourth-order valence-corrected chi connectivity index (χ4v) is 5.92. The molecule has 0 spiro atoms. The van der Waals surface area contributed by atoms with Gasteiger partial charge in [-0.05, 0) is 70.9 Å². The molecule has 1 aromatic heterocycles. The number of anilines is 1. The first kappa shape index (κ1) is 24.9. The van der Waals surface area contributed by atoms with Gasteiger partial charge in [0, 0.05) is 23.4 Å². The van der Waals surface area contributed by atoms with Crippen molar-refractivity contribution in [1.82, 2.24) is 14.8 Å². The number of halogens is 1. The Labute approximate surface area is 223 Å². The third-order valence-electron chi connectivity index (χ3n) is 6.48. The van der Waals surface area contributed by atoms with Gasteiger partial charge < -0.3 is 14.8 Å². The highest BCUT2D eigenvalue weighted by Crippen LogP contribution is 2.45. The summed E-state index contributed by atoms with van der Waals surface area (Å²) in [6, 6.07) is 11.7. The van der Waals surface area contributed by atoms with E-state index in [0.29, 0.717) is 35.6 Å². The van der Waals surface area contributed by atoms with Gasteiger partial charge in [-0.2, -0.15) is 4.98 Å². The maximum absolute atomic E-state index is 13.2. The fourth-order valence-electron chi connectivity index (χ4n) is 4.66. The molecule has 1 atom stereocenters. The molecule has 2 aromatic carbocycles. The fraction of sp³-hybridized carbons (Fsp3) is 0.370. The van der Waals surface area contributed by atoms with E-state index in [0.717, 1.165) is 51.9 Å². The molecule has 0 saturated heterocycles. The maximum atomic E-state index is 13.2. The highest BCUT2D eigenvalue weighted by atomic mass is 79.9. The van der Waals surface area contributed by atoms with Crippen molar-refractivity contribution in [2.75, 3.05) is 18.2 Å². The van der Waals surface area contributed by atoms with Crippen LogP contribution >= 0.6 is 27.7 Å². The van der Waals surface area contributed by atoms with Crippen molar-refractivity contribution < 1.29 is 14.3 Å². The number of benzene rings is 2. The highest BCUT2D eigenvalue weighted by Gasteiger charge is 2.37. The molecule has 36 heavy (non-hydrogen) atoms. The standard InChI is InChI=1S/C27H29BrN4O3S/c1-4-12-36-27-30-26-29-20-10-7-11-21(33)23(20)24(32(26)31-27)18-13-19(28)25(22(14-18)34-3)35-15-17-9-6-5-8-16(17)2/h5-6,8-9,13-14,24H,4,7,10-12,15H2,1-3H3,(H,29,30,31). The Morgan fingerprint density at radius 3 is 2.86 bits per heavy atom. The minimum Gasteiger partial charge on any atom is -0.493 e. The molecule has 5 rings (SSSR count). The Balaban J connectivity index is 1.55. The van der Waals surface area contributed by atoms with Gasteiger partial charge >= 0.3 is 0 Å². The van der Waals surface area contributed by atoms with Crippen molar-refractivity contribution in [3.05, 3.63) is 68.8 Å². The van der Waals surface area contributed by atoms with Gasteiger partial charge in [0.05, 0.1) is 11.6 Å². The summed E-state index contributed by atoms with van der Waals surface area (Å²) in [5, 5.41) is 8.90. The number of ketones is 1. The van der Waals surface area contributed by atoms with Gasteiger partial charge in [-0.25, -0.2) is 4.68 Å². The number of Topliss-reactive ketones (excluding diaryl/α,β-unsaturated/α-hetero) is 1. The van der Waals surface area contributed by atoms with Crippen LogP contribution in [0, 0.1) is 6.92 Å². The molecule has 9 heteroatoms. The first-order valence-electron chi connectivity index (χ1n) is 12.2. The van der Waals surface area contributed by atoms with Crippen LogP contribution in [0.3, 0.4) is 0 Å². The Morgan fingerprint density at radius 1 is 1.25 bits per heavy atom. The van der Waals surface area contributed by atoms with Gasteiger partial charge in [-0.1, -0.05) is 43.0 Å². The summed E-state index contributed by atoms with van der Waals surface area (Å²) in [4.78, 5) is 17.9. The zero-order valence-corrected chi connectivity index (χ0v) is 23.0. The molecule has 3 aromatic rings. The Hall–Kier alpha value is -2.78. The van der Waals surface area contributed by atoms with Crippen molar-refractivity contribution in [1.29, 1.82) is 0 Å². The molecule has 2 aliphatic rings. The molecule has 1 aliphatic carbocycles. The number of hydrogen-bond donors (Lipinski definition) is 1. The summed E-state index contributed by atoms with van der Waals surface area (Å²) in [6.45, 7) is 4.63. The predicted octanol–water partition coefficient (Wildman–Crippen LogP) is 6.46. The summed E-state index contributed by atoms with van der Waals surface area (Å²) in [5.74, 6) is 2.97.